The van der Waals surface area contributed by atoms with Gasteiger partial charge in [0.05, 0.1) is 25.6 Å². The quantitative estimate of drug-likeness (QED) is 0.846. The number of hydrogen-bond donors (Lipinski definition) is 1. The normalized spacial score (nSPS) is 22.9. The maximum absolute atomic E-state index is 12.6. The molecule has 25 heavy (non-hydrogen) atoms. The highest BCUT2D eigenvalue weighted by Crippen LogP contribution is 2.17. The van der Waals surface area contributed by atoms with Crippen molar-refractivity contribution in [3.8, 4) is 0 Å². The monoisotopic (exact) mass is 348 g/mol. The lowest BCUT2D eigenvalue weighted by Crippen LogP contribution is -2.50. The minimum Gasteiger partial charge on any atom is -0.375 e. The zero-order valence-electron chi connectivity index (χ0n) is 14.9. The molecule has 0 bridgehead atoms. The number of piperidine rings is 1. The Labute approximate surface area is 148 Å². The first kappa shape index (κ1) is 18.1. The Balaban J connectivity index is 1.45. The van der Waals surface area contributed by atoms with Gasteiger partial charge in [-0.2, -0.15) is 0 Å². The molecule has 1 aromatic rings. The minimum atomic E-state index is -0.137. The first-order valence-electron chi connectivity index (χ1n) is 9.25. The Morgan fingerprint density at radius 2 is 2.16 bits per heavy atom. The number of carbonyl (C=O) groups is 1. The highest BCUT2D eigenvalue weighted by atomic mass is 16.5. The van der Waals surface area contributed by atoms with Crippen molar-refractivity contribution in [1.29, 1.82) is 0 Å². The van der Waals surface area contributed by atoms with Gasteiger partial charge in [-0.15, -0.1) is 0 Å². The first-order chi connectivity index (χ1) is 12.1. The van der Waals surface area contributed by atoms with Crippen LogP contribution in [0.15, 0.2) is 17.2 Å². The van der Waals surface area contributed by atoms with E-state index in [1.807, 2.05) is 4.90 Å². The van der Waals surface area contributed by atoms with Gasteiger partial charge in [0.15, 0.2) is 0 Å². The maximum atomic E-state index is 12.6. The Morgan fingerprint density at radius 1 is 1.36 bits per heavy atom. The summed E-state index contributed by atoms with van der Waals surface area (Å²) in [5, 5.41) is 0. The third-order valence-electron chi connectivity index (χ3n) is 5.18. The predicted octanol–water partition coefficient (Wildman–Crippen LogP) is 0.662. The Morgan fingerprint density at radius 3 is 2.92 bits per heavy atom. The average molecular weight is 348 g/mol. The van der Waals surface area contributed by atoms with Gasteiger partial charge in [-0.1, -0.05) is 6.92 Å². The molecule has 1 atom stereocenters. The van der Waals surface area contributed by atoms with Crippen LogP contribution in [0.1, 0.15) is 31.9 Å². The second-order valence-corrected chi connectivity index (χ2v) is 7.23. The molecule has 3 rings (SSSR count). The van der Waals surface area contributed by atoms with E-state index < -0.39 is 0 Å². The van der Waals surface area contributed by atoms with E-state index in [-0.39, 0.29) is 17.6 Å². The van der Waals surface area contributed by atoms with Gasteiger partial charge in [-0.05, 0) is 44.7 Å². The standard InChI is InChI=1S/C18H28N4O3/c1-14-4-6-21(7-5-14)12-18(24)22-8-9-25-16(11-22)3-2-15-10-17(23)20-13-19-15/h10,13-14,16H,2-9,11-12H2,1H3,(H,19,20,23). The number of nitrogens with zero attached hydrogens (tertiary/aromatic N) is 3. The molecule has 2 fully saturated rings. The number of hydrogen-bond acceptors (Lipinski definition) is 5. The van der Waals surface area contributed by atoms with Crippen LogP contribution in [0.3, 0.4) is 0 Å². The summed E-state index contributed by atoms with van der Waals surface area (Å²) in [6.45, 7) is 6.73. The predicted molar refractivity (Wildman–Crippen MR) is 94.3 cm³/mol. The molecule has 0 saturated carbocycles. The Hall–Kier alpha value is -1.73. The van der Waals surface area contributed by atoms with Gasteiger partial charge in [0.1, 0.15) is 0 Å². The van der Waals surface area contributed by atoms with E-state index in [0.29, 0.717) is 32.7 Å². The summed E-state index contributed by atoms with van der Waals surface area (Å²) in [5.74, 6) is 0.982. The molecule has 2 saturated heterocycles. The summed E-state index contributed by atoms with van der Waals surface area (Å²) >= 11 is 0. The average Bonchev–Trinajstić information content (AvgIpc) is 2.62. The Bertz CT molecular complexity index is 625. The number of morpholine rings is 1. The van der Waals surface area contributed by atoms with Crippen molar-refractivity contribution in [2.24, 2.45) is 5.92 Å². The van der Waals surface area contributed by atoms with Crippen LogP contribution < -0.4 is 5.56 Å². The highest BCUT2D eigenvalue weighted by molar-refractivity contribution is 5.78. The molecule has 3 heterocycles. The van der Waals surface area contributed by atoms with Crippen LogP contribution >= 0.6 is 0 Å². The van der Waals surface area contributed by atoms with E-state index in [1.165, 1.54) is 25.2 Å². The lowest BCUT2D eigenvalue weighted by molar-refractivity contribution is -0.140. The zero-order valence-corrected chi connectivity index (χ0v) is 14.9. The number of aromatic amines is 1. The smallest absolute Gasteiger partial charge is 0.250 e. The number of rotatable bonds is 5. The molecule has 1 unspecified atom stereocenters. The minimum absolute atomic E-state index is 0.0140. The van der Waals surface area contributed by atoms with Crippen molar-refractivity contribution in [2.75, 3.05) is 39.3 Å². The number of carbonyl (C=O) groups excluding carboxylic acids is 1. The molecule has 0 aromatic carbocycles. The molecule has 0 spiro atoms. The summed E-state index contributed by atoms with van der Waals surface area (Å²) in [6, 6.07) is 1.52. The van der Waals surface area contributed by atoms with Crippen molar-refractivity contribution < 1.29 is 9.53 Å². The molecule has 138 valence electrons. The summed E-state index contributed by atoms with van der Waals surface area (Å²) in [5.41, 5.74) is 0.625. The van der Waals surface area contributed by atoms with Crippen molar-refractivity contribution >= 4 is 5.91 Å². The molecule has 1 aromatic heterocycles. The molecule has 1 amide bonds. The van der Waals surface area contributed by atoms with Gasteiger partial charge in [-0.3, -0.25) is 14.5 Å². The number of H-pyrrole nitrogens is 1. The van der Waals surface area contributed by atoms with Crippen LogP contribution in [0.5, 0.6) is 0 Å². The van der Waals surface area contributed by atoms with Gasteiger partial charge < -0.3 is 14.6 Å². The number of amides is 1. The zero-order chi connectivity index (χ0) is 17.6. The summed E-state index contributed by atoms with van der Waals surface area (Å²) in [6.07, 6.45) is 5.25. The molecular formula is C18H28N4O3. The summed E-state index contributed by atoms with van der Waals surface area (Å²) in [4.78, 5) is 34.8. The van der Waals surface area contributed by atoms with Crippen LogP contribution in [-0.2, 0) is 16.0 Å². The van der Waals surface area contributed by atoms with E-state index in [9.17, 15) is 9.59 Å². The maximum Gasteiger partial charge on any atom is 0.250 e. The van der Waals surface area contributed by atoms with Crippen LogP contribution in [-0.4, -0.2) is 71.1 Å². The molecule has 7 nitrogen and oxygen atoms in total. The van der Waals surface area contributed by atoms with Crippen LogP contribution in [0, 0.1) is 5.92 Å². The van der Waals surface area contributed by atoms with Crippen molar-refractivity contribution in [2.45, 2.75) is 38.7 Å². The molecule has 0 aliphatic carbocycles. The van der Waals surface area contributed by atoms with Gasteiger partial charge in [0, 0.05) is 24.8 Å². The third kappa shape index (κ3) is 5.37. The largest absolute Gasteiger partial charge is 0.375 e. The summed E-state index contributed by atoms with van der Waals surface area (Å²) in [7, 11) is 0. The van der Waals surface area contributed by atoms with Gasteiger partial charge in [-0.25, -0.2) is 4.98 Å². The van der Waals surface area contributed by atoms with Crippen LogP contribution in [0.25, 0.3) is 0 Å². The number of likely N-dealkylation sites (tertiary alicyclic amines) is 1. The molecule has 7 heteroatoms. The van der Waals surface area contributed by atoms with E-state index in [1.54, 1.807) is 0 Å². The van der Waals surface area contributed by atoms with Crippen LogP contribution in [0.4, 0.5) is 0 Å². The number of aryl methyl sites for hydroxylation is 1. The summed E-state index contributed by atoms with van der Waals surface area (Å²) < 4.78 is 5.79. The Kier molecular flexibility index (Phi) is 6.20. The number of ether oxygens (including phenoxy) is 1. The second-order valence-electron chi connectivity index (χ2n) is 7.23. The topological polar surface area (TPSA) is 78.5 Å². The number of nitrogens with one attached hydrogen (secondary N) is 1. The van der Waals surface area contributed by atoms with Gasteiger partial charge in [0.2, 0.25) is 5.91 Å². The van der Waals surface area contributed by atoms with E-state index in [2.05, 4.69) is 21.8 Å². The number of aromatic nitrogens is 2. The van der Waals surface area contributed by atoms with Crippen molar-refractivity contribution in [3.63, 3.8) is 0 Å². The molecule has 0 radical (unpaired) electrons. The van der Waals surface area contributed by atoms with Gasteiger partial charge in [0.25, 0.3) is 5.56 Å². The fourth-order valence-corrected chi connectivity index (χ4v) is 3.49. The van der Waals surface area contributed by atoms with Crippen molar-refractivity contribution in [3.05, 3.63) is 28.4 Å². The molecule has 2 aliphatic heterocycles. The fourth-order valence-electron chi connectivity index (χ4n) is 3.49. The molecular weight excluding hydrogens is 320 g/mol. The van der Waals surface area contributed by atoms with Crippen molar-refractivity contribution in [1.82, 2.24) is 19.8 Å². The van der Waals surface area contributed by atoms with E-state index in [0.717, 1.165) is 31.1 Å². The van der Waals surface area contributed by atoms with Gasteiger partial charge >= 0.3 is 0 Å². The highest BCUT2D eigenvalue weighted by Gasteiger charge is 2.26. The second kappa shape index (κ2) is 8.58. The van der Waals surface area contributed by atoms with Crippen LogP contribution in [0.2, 0.25) is 0 Å². The first-order valence-corrected chi connectivity index (χ1v) is 9.25. The lowest BCUT2D eigenvalue weighted by Gasteiger charge is -2.36. The SMILES string of the molecule is CC1CCN(CC(=O)N2CCOC(CCc3cc(=O)[nH]cn3)C2)CC1. The third-order valence-corrected chi connectivity index (χ3v) is 5.18. The van der Waals surface area contributed by atoms with E-state index in [4.69, 9.17) is 4.74 Å². The molecule has 2 aliphatic rings. The fraction of sp³-hybridized carbons (Fsp3) is 0.722. The molecule has 1 N–H and O–H groups in total. The lowest BCUT2D eigenvalue weighted by atomic mass is 9.99. The van der Waals surface area contributed by atoms with E-state index >= 15 is 0 Å².